The molecule has 0 bridgehead atoms. The highest BCUT2D eigenvalue weighted by Gasteiger charge is 2.16. The molecule has 0 aliphatic carbocycles. The summed E-state index contributed by atoms with van der Waals surface area (Å²) in [6.45, 7) is 2.27. The first-order valence-corrected chi connectivity index (χ1v) is 7.19. The highest BCUT2D eigenvalue weighted by Crippen LogP contribution is 2.19. The molecular weight excluding hydrogens is 332 g/mol. The van der Waals surface area contributed by atoms with Crippen LogP contribution < -0.4 is 10.6 Å². The van der Waals surface area contributed by atoms with E-state index in [0.29, 0.717) is 24.5 Å². The Morgan fingerprint density at radius 2 is 1.89 bits per heavy atom. The lowest BCUT2D eigenvalue weighted by molar-refractivity contribution is -0.121. The summed E-state index contributed by atoms with van der Waals surface area (Å²) >= 11 is 9.37. The highest BCUT2D eigenvalue weighted by atomic mass is 79.9. The molecule has 0 fully saturated rings. The Labute approximate surface area is 126 Å². The van der Waals surface area contributed by atoms with Crippen LogP contribution in [0.1, 0.15) is 12.5 Å². The third-order valence-electron chi connectivity index (χ3n) is 2.44. The second-order valence-corrected chi connectivity index (χ2v) is 5.55. The summed E-state index contributed by atoms with van der Waals surface area (Å²) in [6.07, 6.45) is 0.519. The quantitative estimate of drug-likeness (QED) is 0.610. The summed E-state index contributed by atoms with van der Waals surface area (Å²) in [7, 11) is 0. The molecule has 1 atom stereocenters. The summed E-state index contributed by atoms with van der Waals surface area (Å²) in [4.78, 5) is 22.1. The Bertz CT molecular complexity index is 454. The van der Waals surface area contributed by atoms with E-state index >= 15 is 0 Å². The van der Waals surface area contributed by atoms with E-state index < -0.39 is 0 Å². The molecular formula is C13H16BrClN2O2. The Morgan fingerprint density at radius 3 is 2.53 bits per heavy atom. The van der Waals surface area contributed by atoms with E-state index in [1.807, 2.05) is 18.2 Å². The molecule has 0 heterocycles. The number of carbonyl (C=O) groups excluding carboxylic acids is 2. The summed E-state index contributed by atoms with van der Waals surface area (Å²) in [6, 6.07) is 7.42. The minimum atomic E-state index is -0.343. The minimum Gasteiger partial charge on any atom is -0.355 e. The number of nitrogens with one attached hydrogen (secondary N) is 2. The lowest BCUT2D eigenvalue weighted by Gasteiger charge is -2.12. The predicted molar refractivity (Wildman–Crippen MR) is 79.6 cm³/mol. The van der Waals surface area contributed by atoms with Crippen molar-refractivity contribution in [2.75, 3.05) is 13.1 Å². The fourth-order valence-electron chi connectivity index (χ4n) is 1.48. The number of rotatable bonds is 6. The topological polar surface area (TPSA) is 58.2 Å². The molecule has 0 spiro atoms. The molecule has 0 radical (unpaired) electrons. The van der Waals surface area contributed by atoms with Gasteiger partial charge in [0, 0.05) is 25.0 Å². The van der Waals surface area contributed by atoms with Gasteiger partial charge in [-0.15, -0.1) is 0 Å². The molecule has 1 aromatic rings. The van der Waals surface area contributed by atoms with E-state index in [2.05, 4.69) is 26.6 Å². The van der Waals surface area contributed by atoms with Crippen LogP contribution in [0.4, 0.5) is 0 Å². The molecule has 2 N–H and O–H groups in total. The molecule has 0 aliphatic heterocycles. The van der Waals surface area contributed by atoms with E-state index in [-0.39, 0.29) is 16.6 Å². The van der Waals surface area contributed by atoms with Gasteiger partial charge in [0.15, 0.2) is 0 Å². The lowest BCUT2D eigenvalue weighted by atomic mass is 10.1. The van der Waals surface area contributed by atoms with Crippen LogP contribution in [-0.4, -0.2) is 29.7 Å². The van der Waals surface area contributed by atoms with Crippen molar-refractivity contribution < 1.29 is 9.59 Å². The van der Waals surface area contributed by atoms with Gasteiger partial charge in [-0.2, -0.15) is 0 Å². The Balaban J connectivity index is 2.37. The number of alkyl halides is 1. The second kappa shape index (κ2) is 8.17. The van der Waals surface area contributed by atoms with Crippen molar-refractivity contribution in [2.24, 2.45) is 0 Å². The number of benzene rings is 1. The number of halogens is 2. The first-order valence-electron chi connectivity index (χ1n) is 5.90. The normalized spacial score (nSPS) is 11.7. The van der Waals surface area contributed by atoms with Crippen molar-refractivity contribution in [3.8, 4) is 0 Å². The summed E-state index contributed by atoms with van der Waals surface area (Å²) in [5.41, 5.74) is 0.919. The van der Waals surface area contributed by atoms with Gasteiger partial charge in [-0.25, -0.2) is 0 Å². The van der Waals surface area contributed by atoms with E-state index in [1.54, 1.807) is 6.07 Å². The number of amides is 2. The number of carbonyl (C=O) groups is 2. The zero-order valence-corrected chi connectivity index (χ0v) is 12.9. The molecule has 19 heavy (non-hydrogen) atoms. The zero-order chi connectivity index (χ0) is 14.3. The van der Waals surface area contributed by atoms with Crippen molar-refractivity contribution in [1.29, 1.82) is 0 Å². The molecule has 1 aromatic carbocycles. The highest BCUT2D eigenvalue weighted by molar-refractivity contribution is 9.10. The van der Waals surface area contributed by atoms with Gasteiger partial charge in [0.25, 0.3) is 0 Å². The third-order valence-corrected chi connectivity index (χ3v) is 3.55. The maximum absolute atomic E-state index is 11.8. The average molecular weight is 348 g/mol. The van der Waals surface area contributed by atoms with E-state index in [4.69, 9.17) is 11.6 Å². The van der Waals surface area contributed by atoms with E-state index in [0.717, 1.165) is 5.56 Å². The van der Waals surface area contributed by atoms with E-state index in [1.165, 1.54) is 6.92 Å². The first-order chi connectivity index (χ1) is 9.00. The molecule has 0 aromatic heterocycles. The van der Waals surface area contributed by atoms with Gasteiger partial charge in [-0.1, -0.05) is 45.7 Å². The molecule has 0 aliphatic rings. The summed E-state index contributed by atoms with van der Waals surface area (Å²) in [5.74, 6) is -0.231. The van der Waals surface area contributed by atoms with Crippen molar-refractivity contribution in [3.63, 3.8) is 0 Å². The van der Waals surface area contributed by atoms with Gasteiger partial charge in [-0.05, 0) is 18.1 Å². The molecule has 104 valence electrons. The van der Waals surface area contributed by atoms with Crippen LogP contribution in [0.25, 0.3) is 0 Å². The standard InChI is InChI=1S/C13H16BrClN2O2/c1-9(18)16-6-7-17-13(19)11(14)8-10-4-2-3-5-12(10)15/h2-5,11H,6-8H2,1H3,(H,16,18)(H,17,19). The summed E-state index contributed by atoms with van der Waals surface area (Å²) < 4.78 is 0. The van der Waals surface area contributed by atoms with Crippen molar-refractivity contribution in [1.82, 2.24) is 10.6 Å². The van der Waals surface area contributed by atoms with E-state index in [9.17, 15) is 9.59 Å². The second-order valence-electron chi connectivity index (χ2n) is 4.04. The SMILES string of the molecule is CC(=O)NCCNC(=O)C(Br)Cc1ccccc1Cl. The van der Waals surface area contributed by atoms with Crippen molar-refractivity contribution >= 4 is 39.3 Å². The van der Waals surface area contributed by atoms with Crippen LogP contribution in [0.3, 0.4) is 0 Å². The molecule has 0 saturated heterocycles. The van der Waals surface area contributed by atoms with Gasteiger partial charge in [0.2, 0.25) is 11.8 Å². The van der Waals surface area contributed by atoms with Gasteiger partial charge in [-0.3, -0.25) is 9.59 Å². The van der Waals surface area contributed by atoms with Crippen LogP contribution in [0.5, 0.6) is 0 Å². The lowest BCUT2D eigenvalue weighted by Crippen LogP contribution is -2.38. The monoisotopic (exact) mass is 346 g/mol. The molecule has 2 amide bonds. The first kappa shape index (κ1) is 16.0. The number of hydrogen-bond donors (Lipinski definition) is 2. The Kier molecular flexibility index (Phi) is 6.87. The van der Waals surface area contributed by atoms with Crippen LogP contribution in [0.2, 0.25) is 5.02 Å². The van der Waals surface area contributed by atoms with Crippen LogP contribution >= 0.6 is 27.5 Å². The summed E-state index contributed by atoms with van der Waals surface area (Å²) in [5, 5.41) is 5.99. The van der Waals surface area contributed by atoms with Crippen LogP contribution in [0.15, 0.2) is 24.3 Å². The van der Waals surface area contributed by atoms with Gasteiger partial charge in [0.05, 0.1) is 4.83 Å². The third kappa shape index (κ3) is 6.07. The Morgan fingerprint density at radius 1 is 1.26 bits per heavy atom. The average Bonchev–Trinajstić information content (AvgIpc) is 2.36. The Hall–Kier alpha value is -1.07. The van der Waals surface area contributed by atoms with Gasteiger partial charge < -0.3 is 10.6 Å². The fraction of sp³-hybridized carbons (Fsp3) is 0.385. The maximum atomic E-state index is 11.8. The smallest absolute Gasteiger partial charge is 0.234 e. The van der Waals surface area contributed by atoms with Crippen molar-refractivity contribution in [3.05, 3.63) is 34.9 Å². The molecule has 6 heteroatoms. The molecule has 1 rings (SSSR count). The van der Waals surface area contributed by atoms with Crippen LogP contribution in [0, 0.1) is 0 Å². The maximum Gasteiger partial charge on any atom is 0.234 e. The van der Waals surface area contributed by atoms with Crippen molar-refractivity contribution in [2.45, 2.75) is 18.2 Å². The minimum absolute atomic E-state index is 0.110. The largest absolute Gasteiger partial charge is 0.355 e. The van der Waals surface area contributed by atoms with Gasteiger partial charge in [0.1, 0.15) is 0 Å². The van der Waals surface area contributed by atoms with Crippen LogP contribution in [-0.2, 0) is 16.0 Å². The zero-order valence-electron chi connectivity index (χ0n) is 10.6. The predicted octanol–water partition coefficient (Wildman–Crippen LogP) is 1.90. The van der Waals surface area contributed by atoms with Gasteiger partial charge >= 0.3 is 0 Å². The number of hydrogen-bond acceptors (Lipinski definition) is 2. The molecule has 1 unspecified atom stereocenters. The molecule has 0 saturated carbocycles. The fourth-order valence-corrected chi connectivity index (χ4v) is 2.21. The molecule has 4 nitrogen and oxygen atoms in total.